The van der Waals surface area contributed by atoms with Crippen LogP contribution in [-0.2, 0) is 6.42 Å². The number of amides is 1. The molecule has 4 nitrogen and oxygen atoms in total. The van der Waals surface area contributed by atoms with Crippen molar-refractivity contribution in [3.05, 3.63) is 23.4 Å². The molecular formula is C15H25N3OS. The fourth-order valence-electron chi connectivity index (χ4n) is 1.92. The first-order chi connectivity index (χ1) is 9.53. The first-order valence-electron chi connectivity index (χ1n) is 7.04. The van der Waals surface area contributed by atoms with Crippen LogP contribution in [0.2, 0.25) is 0 Å². The molecule has 1 unspecified atom stereocenters. The van der Waals surface area contributed by atoms with Crippen molar-refractivity contribution in [3.8, 4) is 0 Å². The highest BCUT2D eigenvalue weighted by Crippen LogP contribution is 2.15. The Morgan fingerprint density at radius 1 is 1.45 bits per heavy atom. The molecule has 0 radical (unpaired) electrons. The minimum absolute atomic E-state index is 0.0582. The number of anilines is 1. The zero-order valence-corrected chi connectivity index (χ0v) is 13.9. The number of thioether (sulfide) groups is 1. The third-order valence-corrected chi connectivity index (χ3v) is 4.05. The van der Waals surface area contributed by atoms with E-state index in [9.17, 15) is 4.79 Å². The second-order valence-electron chi connectivity index (χ2n) is 4.84. The lowest BCUT2D eigenvalue weighted by Gasteiger charge is -2.24. The van der Waals surface area contributed by atoms with Gasteiger partial charge in [0.05, 0.1) is 0 Å². The summed E-state index contributed by atoms with van der Waals surface area (Å²) in [7, 11) is 1.86. The van der Waals surface area contributed by atoms with Crippen molar-refractivity contribution >= 4 is 23.5 Å². The summed E-state index contributed by atoms with van der Waals surface area (Å²) in [5.41, 5.74) is 1.65. The van der Waals surface area contributed by atoms with E-state index < -0.39 is 0 Å². The van der Waals surface area contributed by atoms with Gasteiger partial charge in [-0.05, 0) is 38.7 Å². The molecule has 112 valence electrons. The number of hydrogen-bond donors (Lipinski definition) is 1. The highest BCUT2D eigenvalue weighted by molar-refractivity contribution is 7.98. The van der Waals surface area contributed by atoms with Gasteiger partial charge < -0.3 is 10.2 Å². The highest BCUT2D eigenvalue weighted by atomic mass is 32.2. The van der Waals surface area contributed by atoms with Crippen molar-refractivity contribution in [1.29, 1.82) is 0 Å². The average Bonchev–Trinajstić information content (AvgIpc) is 2.45. The fourth-order valence-corrected chi connectivity index (χ4v) is 2.63. The summed E-state index contributed by atoms with van der Waals surface area (Å²) in [6, 6.07) is 3.96. The van der Waals surface area contributed by atoms with E-state index in [1.807, 2.05) is 33.0 Å². The van der Waals surface area contributed by atoms with E-state index in [0.717, 1.165) is 30.2 Å². The predicted molar refractivity (Wildman–Crippen MR) is 87.7 cm³/mol. The van der Waals surface area contributed by atoms with Crippen LogP contribution in [0.15, 0.2) is 12.1 Å². The van der Waals surface area contributed by atoms with Gasteiger partial charge in [0.15, 0.2) is 0 Å². The van der Waals surface area contributed by atoms with E-state index in [1.54, 1.807) is 16.7 Å². The lowest BCUT2D eigenvalue weighted by Crippen LogP contribution is -2.36. The van der Waals surface area contributed by atoms with Crippen LogP contribution in [-0.4, -0.2) is 47.4 Å². The van der Waals surface area contributed by atoms with Gasteiger partial charge in [0.1, 0.15) is 5.82 Å². The lowest BCUT2D eigenvalue weighted by atomic mass is 10.1. The second kappa shape index (κ2) is 8.15. The van der Waals surface area contributed by atoms with E-state index >= 15 is 0 Å². The average molecular weight is 295 g/mol. The number of hydrogen-bond acceptors (Lipinski definition) is 4. The van der Waals surface area contributed by atoms with Crippen LogP contribution in [0.5, 0.6) is 0 Å². The van der Waals surface area contributed by atoms with Crippen LogP contribution < -0.4 is 5.32 Å². The number of nitrogens with one attached hydrogen (secondary N) is 1. The molecule has 0 bridgehead atoms. The van der Waals surface area contributed by atoms with Gasteiger partial charge in [-0.2, -0.15) is 11.8 Å². The Morgan fingerprint density at radius 3 is 2.70 bits per heavy atom. The van der Waals surface area contributed by atoms with Crippen molar-refractivity contribution in [2.75, 3.05) is 30.9 Å². The zero-order chi connectivity index (χ0) is 15.1. The summed E-state index contributed by atoms with van der Waals surface area (Å²) in [5, 5.41) is 3.18. The number of carbonyl (C=O) groups excluding carboxylic acids is 1. The van der Waals surface area contributed by atoms with Gasteiger partial charge in [-0.3, -0.25) is 4.79 Å². The van der Waals surface area contributed by atoms with Crippen molar-refractivity contribution in [1.82, 2.24) is 9.88 Å². The minimum Gasteiger partial charge on any atom is -0.370 e. The van der Waals surface area contributed by atoms with Gasteiger partial charge in [0.2, 0.25) is 0 Å². The summed E-state index contributed by atoms with van der Waals surface area (Å²) in [6.07, 6.45) is 2.88. The third kappa shape index (κ3) is 4.40. The van der Waals surface area contributed by atoms with E-state index in [4.69, 9.17) is 0 Å². The Kier molecular flexibility index (Phi) is 6.85. The molecule has 0 aromatic carbocycles. The molecule has 1 atom stereocenters. The lowest BCUT2D eigenvalue weighted by molar-refractivity contribution is 0.0757. The maximum atomic E-state index is 12.5. The van der Waals surface area contributed by atoms with Crippen molar-refractivity contribution < 1.29 is 4.79 Å². The topological polar surface area (TPSA) is 45.2 Å². The number of carbonyl (C=O) groups is 1. The monoisotopic (exact) mass is 295 g/mol. The number of rotatable bonds is 7. The molecule has 1 rings (SSSR count). The molecule has 1 aromatic rings. The van der Waals surface area contributed by atoms with Crippen LogP contribution in [0.4, 0.5) is 5.82 Å². The van der Waals surface area contributed by atoms with Gasteiger partial charge >= 0.3 is 0 Å². The quantitative estimate of drug-likeness (QED) is 0.840. The highest BCUT2D eigenvalue weighted by Gasteiger charge is 2.18. The van der Waals surface area contributed by atoms with Crippen LogP contribution >= 0.6 is 11.8 Å². The molecule has 0 saturated heterocycles. The van der Waals surface area contributed by atoms with E-state index in [-0.39, 0.29) is 11.9 Å². The molecule has 0 aliphatic carbocycles. The summed E-state index contributed by atoms with van der Waals surface area (Å²) in [5.74, 6) is 1.78. The Labute approximate surface area is 126 Å². The second-order valence-corrected chi connectivity index (χ2v) is 5.75. The Morgan fingerprint density at radius 2 is 2.15 bits per heavy atom. The summed E-state index contributed by atoms with van der Waals surface area (Å²) in [4.78, 5) is 18.8. The SMILES string of the molecule is CCNc1cc(C(=O)N(C)C(C)CSC)cc(CC)n1. The summed E-state index contributed by atoms with van der Waals surface area (Å²) >= 11 is 1.75. The molecule has 1 N–H and O–H groups in total. The maximum absolute atomic E-state index is 12.5. The normalized spacial score (nSPS) is 12.1. The van der Waals surface area contributed by atoms with Crippen molar-refractivity contribution in [3.63, 3.8) is 0 Å². The molecule has 0 spiro atoms. The Hall–Kier alpha value is -1.23. The maximum Gasteiger partial charge on any atom is 0.254 e. The minimum atomic E-state index is 0.0582. The number of pyridine rings is 1. The smallest absolute Gasteiger partial charge is 0.254 e. The largest absolute Gasteiger partial charge is 0.370 e. The first kappa shape index (κ1) is 16.8. The number of aryl methyl sites for hydroxylation is 1. The predicted octanol–water partition coefficient (Wildman–Crippen LogP) is 2.90. The van der Waals surface area contributed by atoms with E-state index in [1.165, 1.54) is 0 Å². The van der Waals surface area contributed by atoms with Crippen LogP contribution in [0, 0.1) is 0 Å². The van der Waals surface area contributed by atoms with E-state index in [2.05, 4.69) is 23.5 Å². The molecule has 0 saturated carbocycles. The van der Waals surface area contributed by atoms with Gasteiger partial charge in [-0.15, -0.1) is 0 Å². The fraction of sp³-hybridized carbons (Fsp3) is 0.600. The third-order valence-electron chi connectivity index (χ3n) is 3.23. The molecule has 1 aromatic heterocycles. The molecule has 1 amide bonds. The van der Waals surface area contributed by atoms with Gasteiger partial charge in [0, 0.05) is 36.6 Å². The number of aromatic nitrogens is 1. The van der Waals surface area contributed by atoms with Crippen LogP contribution in [0.3, 0.4) is 0 Å². The molecule has 0 fully saturated rings. The van der Waals surface area contributed by atoms with Crippen molar-refractivity contribution in [2.45, 2.75) is 33.2 Å². The Bertz CT molecular complexity index is 451. The van der Waals surface area contributed by atoms with Crippen molar-refractivity contribution in [2.24, 2.45) is 0 Å². The Balaban J connectivity index is 2.99. The number of nitrogens with zero attached hydrogens (tertiary/aromatic N) is 2. The molecule has 5 heteroatoms. The van der Waals surface area contributed by atoms with Crippen LogP contribution in [0.1, 0.15) is 36.8 Å². The molecule has 0 aliphatic heterocycles. The van der Waals surface area contributed by atoms with Gasteiger partial charge in [-0.1, -0.05) is 6.92 Å². The summed E-state index contributed by atoms with van der Waals surface area (Å²) in [6.45, 7) is 6.94. The molecular weight excluding hydrogens is 270 g/mol. The van der Waals surface area contributed by atoms with Gasteiger partial charge in [0.25, 0.3) is 5.91 Å². The molecule has 1 heterocycles. The molecule has 20 heavy (non-hydrogen) atoms. The molecule has 0 aliphatic rings. The van der Waals surface area contributed by atoms with Crippen LogP contribution in [0.25, 0.3) is 0 Å². The van der Waals surface area contributed by atoms with E-state index in [0.29, 0.717) is 5.56 Å². The van der Waals surface area contributed by atoms with Gasteiger partial charge in [-0.25, -0.2) is 4.98 Å². The zero-order valence-electron chi connectivity index (χ0n) is 13.1. The first-order valence-corrected chi connectivity index (χ1v) is 8.43. The summed E-state index contributed by atoms with van der Waals surface area (Å²) < 4.78 is 0. The standard InChI is InChI=1S/C15H25N3OS/c1-6-13-8-12(9-14(17-13)16-7-2)15(19)18(4)11(3)10-20-5/h8-9,11H,6-7,10H2,1-5H3,(H,16,17).